The summed E-state index contributed by atoms with van der Waals surface area (Å²) in [7, 11) is 0. The number of aliphatic hydroxyl groups excluding tert-OH is 2. The number of thiazole rings is 1. The molecule has 41 heavy (non-hydrogen) atoms. The van der Waals surface area contributed by atoms with Crippen molar-refractivity contribution in [2.24, 2.45) is 5.92 Å². The molecule has 1 aliphatic heterocycles. The summed E-state index contributed by atoms with van der Waals surface area (Å²) in [6, 6.07) is 16.1. The van der Waals surface area contributed by atoms with E-state index in [1.165, 1.54) is 0 Å². The lowest BCUT2D eigenvalue weighted by Gasteiger charge is -2.36. The number of ether oxygens (including phenoxy) is 1. The Morgan fingerprint density at radius 3 is 2.49 bits per heavy atom. The first-order valence-electron chi connectivity index (χ1n) is 13.9. The minimum atomic E-state index is -1.05. The Morgan fingerprint density at radius 1 is 1.10 bits per heavy atom. The van der Waals surface area contributed by atoms with Gasteiger partial charge >= 0.3 is 0 Å². The summed E-state index contributed by atoms with van der Waals surface area (Å²) < 4.78 is 7.59. The summed E-state index contributed by atoms with van der Waals surface area (Å²) >= 11 is 1.60. The quantitative estimate of drug-likeness (QED) is 0.246. The van der Waals surface area contributed by atoms with E-state index in [0.29, 0.717) is 11.5 Å². The first kappa shape index (κ1) is 28.9. The molecule has 0 aliphatic carbocycles. The zero-order valence-corrected chi connectivity index (χ0v) is 24.5. The van der Waals surface area contributed by atoms with E-state index in [4.69, 9.17) is 4.74 Å². The van der Waals surface area contributed by atoms with Gasteiger partial charge in [0.15, 0.2) is 5.75 Å². The van der Waals surface area contributed by atoms with E-state index in [1.807, 2.05) is 87.8 Å². The van der Waals surface area contributed by atoms with Crippen LogP contribution >= 0.6 is 11.3 Å². The number of aryl methyl sites for hydroxylation is 1. The third-order valence-electron chi connectivity index (χ3n) is 7.59. The second-order valence-corrected chi connectivity index (χ2v) is 11.8. The van der Waals surface area contributed by atoms with Gasteiger partial charge in [0.05, 0.1) is 52.7 Å². The Morgan fingerprint density at radius 2 is 1.83 bits per heavy atom. The number of para-hydroxylation sites is 1. The molecular weight excluding hydrogens is 538 g/mol. The monoisotopic (exact) mass is 575 g/mol. The SMILES string of the molecule is Cc1ncsc1-c1ccc([C@H](C)NC(=O)[C@@H]2C[C@@H](O)CN2C(O)[C@H](C(C)C)n2cc(Oc3ccccc3)cn2)cc1. The number of nitrogens with one attached hydrogen (secondary N) is 1. The predicted octanol–water partition coefficient (Wildman–Crippen LogP) is 4.94. The molecule has 2 aromatic heterocycles. The minimum Gasteiger partial charge on any atom is -0.454 e. The molecule has 1 unspecified atom stereocenters. The standard InChI is InChI=1S/C31H37N5O4S/c1-19(2)28(36-17-26(15-33-36)40-25-8-6-5-7-9-25)31(39)35-16-24(37)14-27(35)30(38)34-20(3)22-10-12-23(13-11-22)29-21(4)32-18-41-29/h5-13,15,17-20,24,27-28,31,37,39H,14,16H2,1-4H3,(H,34,38)/t20-,24+,27-,28-,31?/m0/s1. The second-order valence-electron chi connectivity index (χ2n) is 10.9. The van der Waals surface area contributed by atoms with Crippen molar-refractivity contribution in [3.05, 3.63) is 83.8 Å². The molecule has 9 nitrogen and oxygen atoms in total. The van der Waals surface area contributed by atoms with E-state index in [2.05, 4.69) is 15.4 Å². The molecule has 10 heteroatoms. The molecule has 0 spiro atoms. The van der Waals surface area contributed by atoms with Crippen LogP contribution in [0, 0.1) is 12.8 Å². The number of carbonyl (C=O) groups excluding carboxylic acids is 1. The fourth-order valence-corrected chi connectivity index (χ4v) is 6.24. The highest BCUT2D eigenvalue weighted by atomic mass is 32.1. The zero-order chi connectivity index (χ0) is 29.1. The summed E-state index contributed by atoms with van der Waals surface area (Å²) in [5.41, 5.74) is 4.90. The highest BCUT2D eigenvalue weighted by Gasteiger charge is 2.43. The Labute approximate surface area is 244 Å². The number of hydrogen-bond acceptors (Lipinski definition) is 8. The molecule has 1 saturated heterocycles. The molecule has 0 radical (unpaired) electrons. The van der Waals surface area contributed by atoms with Crippen molar-refractivity contribution in [1.82, 2.24) is 25.0 Å². The highest BCUT2D eigenvalue weighted by molar-refractivity contribution is 7.13. The molecule has 216 valence electrons. The molecule has 1 amide bonds. The van der Waals surface area contributed by atoms with Crippen molar-refractivity contribution < 1.29 is 19.7 Å². The minimum absolute atomic E-state index is 0.0180. The maximum Gasteiger partial charge on any atom is 0.238 e. The van der Waals surface area contributed by atoms with Gasteiger partial charge in [-0.05, 0) is 49.4 Å². The number of β-amino-alcohol motifs (C(OH)–C–C–N with tert-alkyl or cyclic N) is 1. The van der Waals surface area contributed by atoms with Crippen molar-refractivity contribution >= 4 is 17.2 Å². The van der Waals surface area contributed by atoms with E-state index in [0.717, 1.165) is 21.7 Å². The number of aromatic nitrogens is 3. The number of likely N-dealkylation sites (tertiary alicyclic amines) is 1. The summed E-state index contributed by atoms with van der Waals surface area (Å²) in [6.45, 7) is 8.11. The molecule has 1 fully saturated rings. The number of benzene rings is 2. The summed E-state index contributed by atoms with van der Waals surface area (Å²) in [5.74, 6) is 0.993. The van der Waals surface area contributed by atoms with Gasteiger partial charge in [-0.25, -0.2) is 4.98 Å². The molecule has 3 heterocycles. The van der Waals surface area contributed by atoms with Gasteiger partial charge in [0, 0.05) is 6.54 Å². The number of amides is 1. The molecule has 4 aromatic rings. The Balaban J connectivity index is 1.28. The third-order valence-corrected chi connectivity index (χ3v) is 8.57. The normalized spacial score (nSPS) is 19.7. The summed E-state index contributed by atoms with van der Waals surface area (Å²) in [4.78, 5) is 20.6. The van der Waals surface area contributed by atoms with Gasteiger partial charge in [-0.15, -0.1) is 11.3 Å². The molecule has 5 rings (SSSR count). The van der Waals surface area contributed by atoms with Crippen LogP contribution in [0.4, 0.5) is 0 Å². The summed E-state index contributed by atoms with van der Waals surface area (Å²) in [5, 5.41) is 29.7. The molecule has 2 aromatic carbocycles. The predicted molar refractivity (Wildman–Crippen MR) is 159 cm³/mol. The highest BCUT2D eigenvalue weighted by Crippen LogP contribution is 2.32. The first-order chi connectivity index (χ1) is 19.7. The van der Waals surface area contributed by atoms with Crippen LogP contribution in [0.25, 0.3) is 10.4 Å². The van der Waals surface area contributed by atoms with Gasteiger partial charge in [-0.1, -0.05) is 56.3 Å². The smallest absolute Gasteiger partial charge is 0.238 e. The number of hydrogen-bond donors (Lipinski definition) is 3. The maximum atomic E-state index is 13.5. The third kappa shape index (κ3) is 6.51. The van der Waals surface area contributed by atoms with Gasteiger partial charge in [0.1, 0.15) is 12.0 Å². The van der Waals surface area contributed by atoms with Crippen LogP contribution in [-0.2, 0) is 4.79 Å². The average molecular weight is 576 g/mol. The van der Waals surface area contributed by atoms with Crippen molar-refractivity contribution in [3.8, 4) is 21.9 Å². The number of nitrogens with zero attached hydrogens (tertiary/aromatic N) is 4. The van der Waals surface area contributed by atoms with Crippen molar-refractivity contribution in [2.45, 2.75) is 64.6 Å². The number of aliphatic hydroxyl groups is 2. The van der Waals surface area contributed by atoms with Gasteiger partial charge in [-0.3, -0.25) is 14.4 Å². The fourth-order valence-electron chi connectivity index (χ4n) is 5.43. The van der Waals surface area contributed by atoms with Crippen LogP contribution in [-0.4, -0.2) is 60.7 Å². The van der Waals surface area contributed by atoms with Gasteiger partial charge < -0.3 is 20.3 Å². The Bertz CT molecular complexity index is 1440. The number of rotatable bonds is 10. The lowest BCUT2D eigenvalue weighted by atomic mass is 10.0. The molecule has 0 bridgehead atoms. The van der Waals surface area contributed by atoms with Crippen LogP contribution in [0.3, 0.4) is 0 Å². The average Bonchev–Trinajstić information content (AvgIpc) is 3.69. The fraction of sp³-hybridized carbons (Fsp3) is 0.387. The summed E-state index contributed by atoms with van der Waals surface area (Å²) in [6.07, 6.45) is 1.83. The Kier molecular flexibility index (Phi) is 8.84. The molecule has 3 N–H and O–H groups in total. The lowest BCUT2D eigenvalue weighted by molar-refractivity contribution is -0.133. The Hall–Kier alpha value is -3.57. The van der Waals surface area contributed by atoms with Crippen LogP contribution in [0.2, 0.25) is 0 Å². The van der Waals surface area contributed by atoms with Crippen LogP contribution in [0.15, 0.2) is 72.5 Å². The largest absolute Gasteiger partial charge is 0.454 e. The van der Waals surface area contributed by atoms with Crippen molar-refractivity contribution in [1.29, 1.82) is 0 Å². The lowest BCUT2D eigenvalue weighted by Crippen LogP contribution is -2.51. The van der Waals surface area contributed by atoms with Gasteiger partial charge in [0.2, 0.25) is 5.91 Å². The first-order valence-corrected chi connectivity index (χ1v) is 14.8. The van der Waals surface area contributed by atoms with Gasteiger partial charge in [0.25, 0.3) is 0 Å². The molecule has 0 saturated carbocycles. The maximum absolute atomic E-state index is 13.5. The van der Waals surface area contributed by atoms with E-state index >= 15 is 0 Å². The van der Waals surface area contributed by atoms with Crippen LogP contribution in [0.1, 0.15) is 50.5 Å². The van der Waals surface area contributed by atoms with E-state index in [9.17, 15) is 15.0 Å². The van der Waals surface area contributed by atoms with Gasteiger partial charge in [-0.2, -0.15) is 5.10 Å². The van der Waals surface area contributed by atoms with E-state index in [-0.39, 0.29) is 30.8 Å². The number of carbonyl (C=O) groups is 1. The molecule has 1 aliphatic rings. The van der Waals surface area contributed by atoms with Crippen molar-refractivity contribution in [3.63, 3.8) is 0 Å². The van der Waals surface area contributed by atoms with E-state index in [1.54, 1.807) is 33.3 Å². The molecule has 5 atom stereocenters. The van der Waals surface area contributed by atoms with Crippen LogP contribution in [0.5, 0.6) is 11.5 Å². The van der Waals surface area contributed by atoms with Crippen LogP contribution < -0.4 is 10.1 Å². The topological polar surface area (TPSA) is 113 Å². The van der Waals surface area contributed by atoms with Crippen molar-refractivity contribution in [2.75, 3.05) is 6.54 Å². The zero-order valence-electron chi connectivity index (χ0n) is 23.7. The van der Waals surface area contributed by atoms with E-state index < -0.39 is 24.4 Å². The molecular formula is C31H37N5O4S. The second kappa shape index (κ2) is 12.5.